The molecule has 1 aliphatic heterocycles. The van der Waals surface area contributed by atoms with E-state index in [4.69, 9.17) is 9.57 Å². The first-order chi connectivity index (χ1) is 21.7. The number of ether oxygens (including phenoxy) is 1. The summed E-state index contributed by atoms with van der Waals surface area (Å²) in [4.78, 5) is 38.5. The molecule has 1 saturated carbocycles. The molecule has 9 nitrogen and oxygen atoms in total. The molecule has 1 amide bonds. The Hall–Kier alpha value is -3.17. The van der Waals surface area contributed by atoms with Crippen molar-refractivity contribution in [1.82, 2.24) is 15.2 Å². The third-order valence-electron chi connectivity index (χ3n) is 9.39. The molecule has 248 valence electrons. The number of nitrogens with zero attached hydrogens (tertiary/aromatic N) is 2. The number of aliphatic carboxylic acids is 1. The van der Waals surface area contributed by atoms with E-state index in [0.717, 1.165) is 67.9 Å². The second-order valence-electron chi connectivity index (χ2n) is 13.8. The Kier molecular flexibility index (Phi) is 13.1. The van der Waals surface area contributed by atoms with Crippen molar-refractivity contribution in [2.75, 3.05) is 25.2 Å². The maximum atomic E-state index is 14.3. The van der Waals surface area contributed by atoms with Crippen LogP contribution in [0.3, 0.4) is 0 Å². The monoisotopic (exact) mass is 622 g/mol. The van der Waals surface area contributed by atoms with Gasteiger partial charge in [-0.3, -0.25) is 14.4 Å². The van der Waals surface area contributed by atoms with Crippen LogP contribution in [0.15, 0.2) is 43.1 Å². The van der Waals surface area contributed by atoms with E-state index >= 15 is 0 Å². The number of carbonyl (C=O) groups excluding carboxylic acids is 1. The first-order valence-electron chi connectivity index (χ1n) is 17.0. The number of pyridine rings is 1. The normalized spacial score (nSPS) is 19.7. The predicted octanol–water partition coefficient (Wildman–Crippen LogP) is 7.12. The van der Waals surface area contributed by atoms with Crippen LogP contribution in [0.1, 0.15) is 97.8 Å². The molecule has 2 aromatic rings. The zero-order valence-electron chi connectivity index (χ0n) is 27.6. The van der Waals surface area contributed by atoms with Crippen LogP contribution in [0.25, 0.3) is 10.8 Å². The highest BCUT2D eigenvalue weighted by molar-refractivity contribution is 5.92. The van der Waals surface area contributed by atoms with Gasteiger partial charge in [-0.05, 0) is 73.6 Å². The summed E-state index contributed by atoms with van der Waals surface area (Å²) < 4.78 is 6.22. The van der Waals surface area contributed by atoms with Crippen LogP contribution < -0.4 is 15.5 Å². The van der Waals surface area contributed by atoms with Gasteiger partial charge in [0.1, 0.15) is 5.75 Å². The number of fused-ring (bicyclic) bond motifs is 1. The smallest absolute Gasteiger partial charge is 0.307 e. The van der Waals surface area contributed by atoms with Gasteiger partial charge in [-0.25, -0.2) is 10.5 Å². The van der Waals surface area contributed by atoms with E-state index < -0.39 is 23.3 Å². The Bertz CT molecular complexity index is 1250. The van der Waals surface area contributed by atoms with E-state index in [9.17, 15) is 14.7 Å². The molecular weight excluding hydrogens is 568 g/mol. The molecule has 1 aromatic carbocycles. The molecule has 1 aliphatic carbocycles. The highest BCUT2D eigenvalue weighted by atomic mass is 16.6. The van der Waals surface area contributed by atoms with Crippen molar-refractivity contribution < 1.29 is 24.3 Å². The number of hydrogen-bond acceptors (Lipinski definition) is 7. The number of rotatable bonds is 14. The second kappa shape index (κ2) is 16.9. The molecule has 0 spiro atoms. The van der Waals surface area contributed by atoms with E-state index in [1.807, 2.05) is 49.9 Å². The van der Waals surface area contributed by atoms with Gasteiger partial charge in [-0.1, -0.05) is 59.0 Å². The standard InChI is InChI=1S/C36H54N4O5/c1-5-22-45-39-33-30-17-16-29(24-26(30)18-20-37-33)44-23-19-28-15-11-12-21-40(28)34(41)32(25-31(35(42)43)36(2,3)4)38-27-13-9-7-6-8-10-14-27/h5,16-18,20,24,27-28,31-32,38H,1,6-15,19,21-23,25H2,2-4H3,(H,37,39)(H,42,43)/t28?,31?,32-/m0/s1. The lowest BCUT2D eigenvalue weighted by molar-refractivity contribution is -0.147. The summed E-state index contributed by atoms with van der Waals surface area (Å²) in [5, 5.41) is 15.8. The number of hydrogen-bond donors (Lipinski definition) is 3. The van der Waals surface area contributed by atoms with Crippen LogP contribution >= 0.6 is 0 Å². The zero-order chi connectivity index (χ0) is 32.2. The van der Waals surface area contributed by atoms with Crippen molar-refractivity contribution >= 4 is 28.5 Å². The third kappa shape index (κ3) is 10.2. The maximum absolute atomic E-state index is 14.3. The van der Waals surface area contributed by atoms with Gasteiger partial charge in [-0.2, -0.15) is 0 Å². The Morgan fingerprint density at radius 3 is 2.53 bits per heavy atom. The lowest BCUT2D eigenvalue weighted by atomic mass is 9.76. The van der Waals surface area contributed by atoms with E-state index in [2.05, 4.69) is 22.4 Å². The largest absolute Gasteiger partial charge is 0.493 e. The SMILES string of the molecule is C=CCONc1nccc2cc(OCCC3CCCCN3C(=O)[C@H](CC(C(=O)O)C(C)(C)C)NC3CCCCCCC3)ccc12. The summed E-state index contributed by atoms with van der Waals surface area (Å²) >= 11 is 0. The molecule has 9 heteroatoms. The van der Waals surface area contributed by atoms with Gasteiger partial charge in [0.2, 0.25) is 5.91 Å². The van der Waals surface area contributed by atoms with Gasteiger partial charge in [-0.15, -0.1) is 6.58 Å². The van der Waals surface area contributed by atoms with Crippen molar-refractivity contribution in [3.8, 4) is 5.75 Å². The molecule has 0 radical (unpaired) electrons. The highest BCUT2D eigenvalue weighted by Gasteiger charge is 2.39. The number of anilines is 1. The van der Waals surface area contributed by atoms with E-state index in [1.165, 1.54) is 19.3 Å². The van der Waals surface area contributed by atoms with E-state index in [0.29, 0.717) is 32.0 Å². The summed E-state index contributed by atoms with van der Waals surface area (Å²) in [5.74, 6) is -0.00240. The molecule has 1 aromatic heterocycles. The quantitative estimate of drug-likeness (QED) is 0.116. The molecule has 2 unspecified atom stereocenters. The summed E-state index contributed by atoms with van der Waals surface area (Å²) in [7, 11) is 0. The molecule has 4 rings (SSSR count). The number of carboxylic acids is 1. The van der Waals surface area contributed by atoms with Gasteiger partial charge in [0.05, 0.1) is 25.2 Å². The van der Waals surface area contributed by atoms with Crippen LogP contribution in [0.5, 0.6) is 5.75 Å². The minimum absolute atomic E-state index is 0.0502. The fourth-order valence-electron chi connectivity index (χ4n) is 6.81. The Morgan fingerprint density at radius 1 is 1.09 bits per heavy atom. The Balaban J connectivity index is 1.44. The summed E-state index contributed by atoms with van der Waals surface area (Å²) in [6, 6.07) is 7.62. The van der Waals surface area contributed by atoms with Crippen molar-refractivity contribution in [2.24, 2.45) is 11.3 Å². The van der Waals surface area contributed by atoms with E-state index in [-0.39, 0.29) is 18.0 Å². The van der Waals surface area contributed by atoms with Gasteiger partial charge < -0.3 is 20.1 Å². The van der Waals surface area contributed by atoms with Gasteiger partial charge >= 0.3 is 5.97 Å². The number of nitrogens with one attached hydrogen (secondary N) is 2. The number of amides is 1. The fraction of sp³-hybridized carbons (Fsp3) is 0.639. The Labute approximate surface area is 269 Å². The first-order valence-corrected chi connectivity index (χ1v) is 17.0. The summed E-state index contributed by atoms with van der Waals surface area (Å²) in [6.45, 7) is 11.1. The lowest BCUT2D eigenvalue weighted by Gasteiger charge is -2.40. The molecule has 0 bridgehead atoms. The van der Waals surface area contributed by atoms with Gasteiger partial charge in [0.25, 0.3) is 0 Å². The highest BCUT2D eigenvalue weighted by Crippen LogP contribution is 2.32. The predicted molar refractivity (Wildman–Crippen MR) is 179 cm³/mol. The van der Waals surface area contributed by atoms with Crippen LogP contribution in [0.2, 0.25) is 0 Å². The average Bonchev–Trinajstić information content (AvgIpc) is 2.99. The Morgan fingerprint density at radius 2 is 1.82 bits per heavy atom. The maximum Gasteiger partial charge on any atom is 0.307 e. The van der Waals surface area contributed by atoms with E-state index in [1.54, 1.807) is 12.3 Å². The summed E-state index contributed by atoms with van der Waals surface area (Å²) in [6.07, 6.45) is 15.5. The van der Waals surface area contributed by atoms with Crippen LogP contribution in [-0.4, -0.2) is 64.8 Å². The van der Waals surface area contributed by atoms with Crippen LogP contribution in [0, 0.1) is 11.3 Å². The van der Waals surface area contributed by atoms with Crippen LogP contribution in [-0.2, 0) is 14.4 Å². The number of benzene rings is 1. The number of carboxylic acid groups (broad SMARTS) is 1. The van der Waals surface area contributed by atoms with Gasteiger partial charge in [0.15, 0.2) is 5.82 Å². The molecule has 45 heavy (non-hydrogen) atoms. The fourth-order valence-corrected chi connectivity index (χ4v) is 6.81. The number of likely N-dealkylation sites (tertiary alicyclic amines) is 1. The number of piperidine rings is 1. The minimum atomic E-state index is -0.832. The third-order valence-corrected chi connectivity index (χ3v) is 9.39. The molecule has 2 aliphatic rings. The number of carbonyl (C=O) groups is 2. The lowest BCUT2D eigenvalue weighted by Crippen LogP contribution is -2.55. The molecule has 1 saturated heterocycles. The minimum Gasteiger partial charge on any atom is -0.493 e. The van der Waals surface area contributed by atoms with Crippen molar-refractivity contribution in [2.45, 2.75) is 116 Å². The number of aromatic nitrogens is 1. The molecule has 2 heterocycles. The molecular formula is C36H54N4O5. The first kappa shape index (κ1) is 34.7. The average molecular weight is 623 g/mol. The molecule has 3 N–H and O–H groups in total. The second-order valence-corrected chi connectivity index (χ2v) is 13.8. The van der Waals surface area contributed by atoms with Gasteiger partial charge in [0, 0.05) is 36.6 Å². The summed E-state index contributed by atoms with van der Waals surface area (Å²) in [5.41, 5.74) is 2.43. The zero-order valence-corrected chi connectivity index (χ0v) is 27.6. The molecule has 3 atom stereocenters. The van der Waals surface area contributed by atoms with Crippen molar-refractivity contribution in [1.29, 1.82) is 0 Å². The van der Waals surface area contributed by atoms with Crippen molar-refractivity contribution in [3.63, 3.8) is 0 Å². The van der Waals surface area contributed by atoms with Crippen LogP contribution in [0.4, 0.5) is 5.82 Å². The topological polar surface area (TPSA) is 113 Å². The molecule has 2 fully saturated rings. The van der Waals surface area contributed by atoms with Crippen molar-refractivity contribution in [3.05, 3.63) is 43.1 Å².